The summed E-state index contributed by atoms with van der Waals surface area (Å²) >= 11 is 0. The Labute approximate surface area is 702 Å². The first-order chi connectivity index (χ1) is 57.7. The fraction of sp³-hybridized carbons (Fsp3) is 0.423. The van der Waals surface area contributed by atoms with Crippen molar-refractivity contribution in [1.82, 2.24) is 57.5 Å². The largest absolute Gasteiger partial charge is 0.341 e. The van der Waals surface area contributed by atoms with Crippen LogP contribution in [0, 0.1) is 48.0 Å². The van der Waals surface area contributed by atoms with Gasteiger partial charge in [-0.2, -0.15) is 0 Å². The lowest BCUT2D eigenvalue weighted by atomic mass is 9.95. The third kappa shape index (κ3) is 21.3. The Kier molecular flexibility index (Phi) is 28.7. The zero-order valence-electron chi connectivity index (χ0n) is 71.0. The second-order valence-electron chi connectivity index (χ2n) is 34.3. The van der Waals surface area contributed by atoms with Crippen LogP contribution in [0.15, 0.2) is 165 Å². The Bertz CT molecular complexity index is 5290. The number of rotatable bonds is 20. The number of aryl methyl sites for hydroxylation is 5. The van der Waals surface area contributed by atoms with E-state index in [4.69, 9.17) is 0 Å². The van der Waals surface area contributed by atoms with Gasteiger partial charge >= 0.3 is 0 Å². The van der Waals surface area contributed by atoms with Gasteiger partial charge in [0.1, 0.15) is 17.5 Å². The molecule has 0 bridgehead atoms. The predicted octanol–water partition coefficient (Wildman–Crippen LogP) is 12.5. The lowest BCUT2D eigenvalue weighted by Gasteiger charge is -2.34. The summed E-state index contributed by atoms with van der Waals surface area (Å²) in [6, 6.07) is 29.1. The molecular weight excluding hydrogens is 1520 g/mol. The monoisotopic (exact) mass is 1630 g/mol. The molecule has 0 unspecified atom stereocenters. The molecule has 0 spiro atoms. The van der Waals surface area contributed by atoms with Gasteiger partial charge in [0.25, 0.3) is 45.9 Å². The summed E-state index contributed by atoms with van der Waals surface area (Å²) in [5.41, 5.74) is 13.9. The molecule has 4 amide bonds. The fourth-order valence-electron chi connectivity index (χ4n) is 18.4. The van der Waals surface area contributed by atoms with E-state index in [1.54, 1.807) is 85.9 Å². The summed E-state index contributed by atoms with van der Waals surface area (Å²) in [5.74, 6) is 1.21. The van der Waals surface area contributed by atoms with E-state index in [-0.39, 0.29) is 63.3 Å². The number of piperidine rings is 4. The van der Waals surface area contributed by atoms with E-state index < -0.39 is 0 Å². The average molecular weight is 1630 g/mol. The summed E-state index contributed by atoms with van der Waals surface area (Å²) in [7, 11) is 14.2. The Balaban J connectivity index is 0.000000138. The minimum absolute atomic E-state index is 0.00446. The number of hydrogen-bond acceptors (Lipinski definition) is 12. The number of nitrogens with zero attached hydrogens (tertiary/aromatic N) is 12. The molecule has 4 fully saturated rings. The molecule has 8 heterocycles. The summed E-state index contributed by atoms with van der Waals surface area (Å²) in [4.78, 5) is 118. The molecule has 4 aliphatic heterocycles. The number of hydrogen-bond donors (Lipinski definition) is 0. The second-order valence-corrected chi connectivity index (χ2v) is 34.3. The molecule has 4 aliphatic carbocycles. The highest BCUT2D eigenvalue weighted by Gasteiger charge is 2.32. The normalized spacial score (nSPS) is 16.6. The number of allylic oxidation sites excluding steroid dienone is 4. The number of likely N-dealkylation sites (tertiary alicyclic amines) is 4. The zero-order valence-corrected chi connectivity index (χ0v) is 71.0. The van der Waals surface area contributed by atoms with E-state index in [1.807, 2.05) is 112 Å². The molecular formula is C97H115F3N12O8. The maximum Gasteiger partial charge on any atom is 0.255 e. The van der Waals surface area contributed by atoms with Gasteiger partial charge in [-0.3, -0.25) is 58.0 Å². The van der Waals surface area contributed by atoms with Crippen molar-refractivity contribution in [1.29, 1.82) is 0 Å². The van der Waals surface area contributed by atoms with Crippen molar-refractivity contribution < 1.29 is 32.3 Å². The topological polar surface area (TPSA) is 182 Å². The maximum atomic E-state index is 13.9. The van der Waals surface area contributed by atoms with Crippen molar-refractivity contribution in [2.75, 3.05) is 107 Å². The van der Waals surface area contributed by atoms with Gasteiger partial charge in [-0.1, -0.05) is 121 Å². The van der Waals surface area contributed by atoms with Crippen molar-refractivity contribution in [3.05, 3.63) is 300 Å². The summed E-state index contributed by atoms with van der Waals surface area (Å²) in [6.07, 6.45) is 32.7. The highest BCUT2D eigenvalue weighted by Crippen LogP contribution is 2.31. The fourth-order valence-corrected chi connectivity index (χ4v) is 18.4. The van der Waals surface area contributed by atoms with Crippen molar-refractivity contribution in [3.8, 4) is 0 Å². The molecule has 0 saturated carbocycles. The van der Waals surface area contributed by atoms with Crippen molar-refractivity contribution in [2.24, 2.45) is 51.9 Å². The quantitative estimate of drug-likeness (QED) is 0.0705. The number of aromatic nitrogens is 4. The van der Waals surface area contributed by atoms with Crippen LogP contribution >= 0.6 is 0 Å². The number of pyridine rings is 4. The Morgan fingerprint density at radius 2 is 0.650 bits per heavy atom. The molecule has 4 saturated heterocycles. The van der Waals surface area contributed by atoms with Crippen LogP contribution in [0.2, 0.25) is 0 Å². The van der Waals surface area contributed by atoms with E-state index >= 15 is 0 Å². The number of amides is 4. The van der Waals surface area contributed by atoms with Gasteiger partial charge in [0.05, 0.1) is 22.3 Å². The van der Waals surface area contributed by atoms with Crippen LogP contribution in [-0.4, -0.2) is 188 Å². The van der Waals surface area contributed by atoms with E-state index in [9.17, 15) is 51.5 Å². The Hall–Kier alpha value is -10.9. The third-order valence-corrected chi connectivity index (χ3v) is 25.2. The summed E-state index contributed by atoms with van der Waals surface area (Å²) in [6.45, 7) is 16.0. The van der Waals surface area contributed by atoms with Crippen LogP contribution in [0.4, 0.5) is 13.2 Å². The molecule has 23 heteroatoms. The third-order valence-electron chi connectivity index (χ3n) is 25.2. The van der Waals surface area contributed by atoms with Crippen LogP contribution in [0.3, 0.4) is 0 Å². The van der Waals surface area contributed by atoms with Crippen molar-refractivity contribution in [3.63, 3.8) is 0 Å². The summed E-state index contributed by atoms with van der Waals surface area (Å²) < 4.78 is 46.4. The van der Waals surface area contributed by atoms with Gasteiger partial charge in [0, 0.05) is 161 Å². The van der Waals surface area contributed by atoms with Gasteiger partial charge < -0.3 is 37.9 Å². The van der Waals surface area contributed by atoms with Gasteiger partial charge in [0.2, 0.25) is 0 Å². The first-order valence-corrected chi connectivity index (χ1v) is 42.5. The van der Waals surface area contributed by atoms with Gasteiger partial charge in [-0.25, -0.2) is 13.2 Å². The van der Waals surface area contributed by atoms with E-state index in [0.29, 0.717) is 114 Å². The SMILES string of the molecule is CN(CC1CCN(Cc2ccc(F)cc2)CC1)C(=O)c1cn(C)c(=O)c2c1C=CC2.CN(CC1CCN(Cc2cccc(F)c2)CC1)C(=O)c1cn(C)c(=O)c2c1C=CC2.CN(CC1CCN(Cc2ccccc2F)CC1)C(=O)c1cn(C)c(=O)c2c1C=CC2.Cc1cccc(CN2CCC(CN(C)C(=O)c3cn(C)c(=O)c4c3C=CC4)CC2)c1. The minimum atomic E-state index is -0.204. The molecule has 20 nitrogen and oxygen atoms in total. The van der Waals surface area contributed by atoms with Crippen LogP contribution < -0.4 is 22.2 Å². The van der Waals surface area contributed by atoms with Crippen LogP contribution in [-0.2, 0) is 80.1 Å². The Morgan fingerprint density at radius 3 is 0.967 bits per heavy atom. The molecule has 16 rings (SSSR count). The minimum Gasteiger partial charge on any atom is -0.341 e. The van der Waals surface area contributed by atoms with Crippen LogP contribution in [0.1, 0.15) is 165 Å². The molecule has 632 valence electrons. The van der Waals surface area contributed by atoms with Gasteiger partial charge in [-0.05, 0) is 229 Å². The van der Waals surface area contributed by atoms with Crippen LogP contribution in [0.25, 0.3) is 24.3 Å². The maximum absolute atomic E-state index is 13.9. The number of carbonyl (C=O) groups excluding carboxylic acids is 4. The second kappa shape index (κ2) is 39.6. The highest BCUT2D eigenvalue weighted by molar-refractivity contribution is 6.00. The van der Waals surface area contributed by atoms with Gasteiger partial charge in [0.15, 0.2) is 0 Å². The standard InChI is InChI=1S/C25H31N3O2.3C24H28FN3O2/c1-18-6-4-7-20(14-18)16-28-12-10-19(11-13-28)15-26(2)25(30)23-17-27(3)24(29)22-9-5-8-21(22)23;1-26(24(30)22-16-27(2)23(29)21-8-4-7-20(21)22)14-17-9-11-28(12-10-17)15-18-5-3-6-19(25)13-18;1-26(24(30)21-16-27(2)23(29)20-8-5-7-19(20)21)14-17-10-12-28(13-11-17)15-18-6-3-4-9-22(18)25;1-26(24(30)22-16-27(2)23(29)21-5-3-4-20(21)22)14-18-10-12-28(13-11-18)15-17-6-8-19(25)9-7-17/h4-8,14,17,19H,9-13,15-16H2,1-3H3;3-7,13,16-17H,8-12,14-15H2,1-2H3;3-7,9,16-17H,8,10-15H2,1-2H3;3-4,6-9,16,18H,5,10-15H2,1-2H3. The van der Waals surface area contributed by atoms with Crippen molar-refractivity contribution in [2.45, 2.75) is 110 Å². The number of carbonyl (C=O) groups is 4. The zero-order chi connectivity index (χ0) is 85.0. The molecule has 4 aromatic heterocycles. The molecule has 0 radical (unpaired) electrons. The smallest absolute Gasteiger partial charge is 0.255 e. The molecule has 8 aromatic rings. The highest BCUT2D eigenvalue weighted by atomic mass is 19.1. The Morgan fingerprint density at radius 1 is 0.350 bits per heavy atom. The number of benzene rings is 4. The molecule has 0 N–H and O–H groups in total. The predicted molar refractivity (Wildman–Crippen MR) is 468 cm³/mol. The van der Waals surface area contributed by atoms with E-state index in [2.05, 4.69) is 50.8 Å². The lowest BCUT2D eigenvalue weighted by molar-refractivity contribution is 0.0729. The molecule has 8 aliphatic rings. The number of halogens is 3. The van der Waals surface area contributed by atoms with Gasteiger partial charge in [-0.15, -0.1) is 0 Å². The van der Waals surface area contributed by atoms with E-state index in [0.717, 1.165) is 174 Å². The molecule has 0 atom stereocenters. The van der Waals surface area contributed by atoms with Crippen molar-refractivity contribution >= 4 is 47.9 Å². The van der Waals surface area contributed by atoms with E-state index in [1.165, 1.54) is 53.7 Å². The molecule has 120 heavy (non-hydrogen) atoms. The lowest BCUT2D eigenvalue weighted by Crippen LogP contribution is -2.39. The van der Waals surface area contributed by atoms with Crippen LogP contribution in [0.5, 0.6) is 0 Å². The summed E-state index contributed by atoms with van der Waals surface area (Å²) in [5, 5.41) is 0. The first-order valence-electron chi connectivity index (χ1n) is 42.5. The average Bonchev–Trinajstić information content (AvgIpc) is 1.58. The first kappa shape index (κ1) is 87.0. The molecule has 4 aromatic carbocycles. The number of fused-ring (bicyclic) bond motifs is 4.